The van der Waals surface area contributed by atoms with Crippen LogP contribution in [0.3, 0.4) is 0 Å². The molecule has 2 N–H and O–H groups in total. The lowest BCUT2D eigenvalue weighted by molar-refractivity contribution is -0.116. The number of aryl methyl sites for hydroxylation is 1. The quantitative estimate of drug-likeness (QED) is 0.714. The second kappa shape index (κ2) is 8.06. The summed E-state index contributed by atoms with van der Waals surface area (Å²) in [4.78, 5) is 24.0. The summed E-state index contributed by atoms with van der Waals surface area (Å²) in [6, 6.07) is 14.7. The van der Waals surface area contributed by atoms with E-state index in [9.17, 15) is 9.59 Å². The van der Waals surface area contributed by atoms with Crippen LogP contribution in [0.2, 0.25) is 0 Å². The molecule has 0 bridgehead atoms. The predicted octanol–water partition coefficient (Wildman–Crippen LogP) is 2.20. The summed E-state index contributed by atoms with van der Waals surface area (Å²) < 4.78 is 1.60. The zero-order valence-corrected chi connectivity index (χ0v) is 14.3. The number of amides is 2. The molecule has 3 rings (SSSR count). The van der Waals surface area contributed by atoms with E-state index in [-0.39, 0.29) is 11.8 Å². The van der Waals surface area contributed by atoms with Crippen molar-refractivity contribution in [2.45, 2.75) is 12.8 Å². The Morgan fingerprint density at radius 1 is 1.12 bits per heavy atom. The minimum absolute atomic E-state index is 0.108. The molecule has 0 fully saturated rings. The average Bonchev–Trinajstić information content (AvgIpc) is 3.21. The molecule has 0 aliphatic heterocycles. The van der Waals surface area contributed by atoms with Crippen molar-refractivity contribution in [2.24, 2.45) is 0 Å². The summed E-state index contributed by atoms with van der Waals surface area (Å²) in [7, 11) is 1.59. The van der Waals surface area contributed by atoms with Gasteiger partial charge in [0.1, 0.15) is 0 Å². The molecule has 0 saturated heterocycles. The van der Waals surface area contributed by atoms with Gasteiger partial charge in [0.2, 0.25) is 5.91 Å². The molecular formula is C19H19N5O2. The van der Waals surface area contributed by atoms with Crippen LogP contribution in [0.1, 0.15) is 22.3 Å². The molecule has 2 amide bonds. The van der Waals surface area contributed by atoms with Crippen LogP contribution in [-0.4, -0.2) is 33.9 Å². The number of aromatic nitrogens is 3. The van der Waals surface area contributed by atoms with Gasteiger partial charge in [-0.25, -0.2) is 4.68 Å². The minimum Gasteiger partial charge on any atom is -0.355 e. The highest BCUT2D eigenvalue weighted by Gasteiger charge is 2.10. The largest absolute Gasteiger partial charge is 0.355 e. The number of hydrogen-bond donors (Lipinski definition) is 2. The van der Waals surface area contributed by atoms with Crippen molar-refractivity contribution in [1.29, 1.82) is 0 Å². The average molecular weight is 349 g/mol. The molecule has 0 radical (unpaired) electrons. The summed E-state index contributed by atoms with van der Waals surface area (Å²) in [5, 5.41) is 13.3. The normalized spacial score (nSPS) is 10.3. The maximum Gasteiger partial charge on any atom is 0.251 e. The zero-order valence-electron chi connectivity index (χ0n) is 14.3. The summed E-state index contributed by atoms with van der Waals surface area (Å²) in [5.41, 5.74) is 2.94. The highest BCUT2D eigenvalue weighted by molar-refractivity contribution is 5.94. The maximum absolute atomic E-state index is 12.3. The third kappa shape index (κ3) is 4.13. The molecule has 7 nitrogen and oxygen atoms in total. The molecule has 0 atom stereocenters. The highest BCUT2D eigenvalue weighted by atomic mass is 16.2. The second-order valence-corrected chi connectivity index (χ2v) is 5.69. The van der Waals surface area contributed by atoms with Gasteiger partial charge in [0.25, 0.3) is 5.91 Å². The van der Waals surface area contributed by atoms with Crippen LogP contribution in [0.5, 0.6) is 0 Å². The van der Waals surface area contributed by atoms with Crippen molar-refractivity contribution < 1.29 is 9.59 Å². The Kier molecular flexibility index (Phi) is 5.38. The number of carbonyl (C=O) groups excluding carboxylic acids is 2. The number of para-hydroxylation sites is 2. The first-order chi connectivity index (χ1) is 12.7. The van der Waals surface area contributed by atoms with Crippen molar-refractivity contribution >= 4 is 17.5 Å². The molecule has 1 heterocycles. The molecular weight excluding hydrogens is 330 g/mol. The Morgan fingerprint density at radius 2 is 1.96 bits per heavy atom. The summed E-state index contributed by atoms with van der Waals surface area (Å²) in [5.74, 6) is -0.249. The van der Waals surface area contributed by atoms with E-state index < -0.39 is 0 Å². The SMILES string of the molecule is CNC(=O)c1cccc(CCC(=O)Nc2ccccc2-n2ccnn2)c1. The fourth-order valence-corrected chi connectivity index (χ4v) is 2.60. The topological polar surface area (TPSA) is 88.9 Å². The number of benzene rings is 2. The van der Waals surface area contributed by atoms with Gasteiger partial charge < -0.3 is 10.6 Å². The number of anilines is 1. The molecule has 132 valence electrons. The molecule has 1 aromatic heterocycles. The van der Waals surface area contributed by atoms with E-state index in [4.69, 9.17) is 0 Å². The molecule has 7 heteroatoms. The van der Waals surface area contributed by atoms with Crippen molar-refractivity contribution in [3.63, 3.8) is 0 Å². The Hall–Kier alpha value is -3.48. The van der Waals surface area contributed by atoms with Gasteiger partial charge in [-0.15, -0.1) is 5.10 Å². The summed E-state index contributed by atoms with van der Waals surface area (Å²) in [6.45, 7) is 0. The molecule has 0 aliphatic rings. The number of carbonyl (C=O) groups is 2. The fraction of sp³-hybridized carbons (Fsp3) is 0.158. The standard InChI is InChI=1S/C19H19N5O2/c1-20-19(26)15-6-4-5-14(13-15)9-10-18(25)22-16-7-2-3-8-17(16)24-12-11-21-23-24/h2-8,11-13H,9-10H2,1H3,(H,20,26)(H,22,25). The Bertz CT molecular complexity index is 906. The zero-order chi connectivity index (χ0) is 18.4. The molecule has 2 aromatic carbocycles. The predicted molar refractivity (Wildman–Crippen MR) is 98.1 cm³/mol. The summed E-state index contributed by atoms with van der Waals surface area (Å²) in [6.07, 6.45) is 4.15. The van der Waals surface area contributed by atoms with Gasteiger partial charge in [-0.2, -0.15) is 0 Å². The third-order valence-electron chi connectivity index (χ3n) is 3.90. The molecule has 0 unspecified atom stereocenters. The van der Waals surface area contributed by atoms with Crippen LogP contribution in [0.4, 0.5) is 5.69 Å². The Labute approximate surface area is 151 Å². The lowest BCUT2D eigenvalue weighted by Crippen LogP contribution is -2.18. The monoisotopic (exact) mass is 349 g/mol. The first-order valence-corrected chi connectivity index (χ1v) is 8.24. The van der Waals surface area contributed by atoms with Gasteiger partial charge in [-0.1, -0.05) is 29.5 Å². The van der Waals surface area contributed by atoms with Gasteiger partial charge in [-0.05, 0) is 36.2 Å². The Morgan fingerprint density at radius 3 is 2.73 bits per heavy atom. The maximum atomic E-state index is 12.3. The van der Waals surface area contributed by atoms with E-state index in [1.165, 1.54) is 0 Å². The van der Waals surface area contributed by atoms with Gasteiger partial charge in [0.05, 0.1) is 23.8 Å². The molecule has 0 saturated carbocycles. The van der Waals surface area contributed by atoms with Gasteiger partial charge >= 0.3 is 0 Å². The first kappa shape index (κ1) is 17.3. The first-order valence-electron chi connectivity index (χ1n) is 8.24. The van der Waals surface area contributed by atoms with Crippen LogP contribution >= 0.6 is 0 Å². The van der Waals surface area contributed by atoms with Crippen molar-refractivity contribution in [3.05, 3.63) is 72.1 Å². The van der Waals surface area contributed by atoms with Crippen LogP contribution in [-0.2, 0) is 11.2 Å². The number of hydrogen-bond acceptors (Lipinski definition) is 4. The lowest BCUT2D eigenvalue weighted by atomic mass is 10.1. The fourth-order valence-electron chi connectivity index (χ4n) is 2.60. The Balaban J connectivity index is 1.65. The van der Waals surface area contributed by atoms with Gasteiger partial charge in [0, 0.05) is 19.0 Å². The summed E-state index contributed by atoms with van der Waals surface area (Å²) >= 11 is 0. The second-order valence-electron chi connectivity index (χ2n) is 5.69. The molecule has 3 aromatic rings. The van der Waals surface area contributed by atoms with E-state index in [1.807, 2.05) is 36.4 Å². The molecule has 26 heavy (non-hydrogen) atoms. The van der Waals surface area contributed by atoms with Crippen LogP contribution in [0.25, 0.3) is 5.69 Å². The van der Waals surface area contributed by atoms with E-state index in [0.717, 1.165) is 11.3 Å². The highest BCUT2D eigenvalue weighted by Crippen LogP contribution is 2.19. The number of nitrogens with zero attached hydrogens (tertiary/aromatic N) is 3. The van der Waals surface area contributed by atoms with E-state index in [0.29, 0.717) is 24.1 Å². The lowest BCUT2D eigenvalue weighted by Gasteiger charge is -2.10. The van der Waals surface area contributed by atoms with E-state index in [2.05, 4.69) is 20.9 Å². The van der Waals surface area contributed by atoms with Crippen LogP contribution < -0.4 is 10.6 Å². The van der Waals surface area contributed by atoms with Crippen LogP contribution in [0, 0.1) is 0 Å². The van der Waals surface area contributed by atoms with Crippen LogP contribution in [0.15, 0.2) is 60.9 Å². The molecule has 0 aliphatic carbocycles. The van der Waals surface area contributed by atoms with E-state index >= 15 is 0 Å². The van der Waals surface area contributed by atoms with Gasteiger partial charge in [0.15, 0.2) is 0 Å². The number of rotatable bonds is 6. The van der Waals surface area contributed by atoms with Crippen molar-refractivity contribution in [3.8, 4) is 5.69 Å². The smallest absolute Gasteiger partial charge is 0.251 e. The van der Waals surface area contributed by atoms with E-state index in [1.54, 1.807) is 36.3 Å². The third-order valence-corrected chi connectivity index (χ3v) is 3.90. The van der Waals surface area contributed by atoms with Crippen molar-refractivity contribution in [1.82, 2.24) is 20.3 Å². The molecule has 0 spiro atoms. The van der Waals surface area contributed by atoms with Crippen molar-refractivity contribution in [2.75, 3.05) is 12.4 Å². The minimum atomic E-state index is -0.141. The number of nitrogens with one attached hydrogen (secondary N) is 2. The van der Waals surface area contributed by atoms with Gasteiger partial charge in [-0.3, -0.25) is 9.59 Å².